The Kier molecular flexibility index (Phi) is 12.7. The molecule has 12 rings (SSSR count). The quantitative estimate of drug-likeness (QED) is 0.112. The first-order valence-electron chi connectivity index (χ1n) is 25.7. The molecule has 0 bridgehead atoms. The van der Waals surface area contributed by atoms with Crippen LogP contribution >= 0.6 is 0 Å². The predicted octanol–water partition coefficient (Wildman–Crippen LogP) is 18.4. The second-order valence-corrected chi connectivity index (χ2v) is 20.2. The molecule has 72 heavy (non-hydrogen) atoms. The number of nitrogens with zero attached hydrogens (tertiary/aromatic N) is 3. The van der Waals surface area contributed by atoms with Crippen LogP contribution in [0.2, 0.25) is 0 Å². The van der Waals surface area contributed by atoms with Crippen molar-refractivity contribution in [1.29, 1.82) is 0 Å². The number of furan rings is 1. The van der Waals surface area contributed by atoms with Gasteiger partial charge in [0.15, 0.2) is 0 Å². The standard InChI is InChI=1S/C51H39N2O.C16H18N.Ir/c1-31(2)42-28-38(34-16-9-6-10-17-34)29-43(32(3)4)49(42)53-47-21-12-11-20-46(47)52-51(53)41-19-13-18-40-45-27-37-23-22-36-26-35(33-14-7-5-8-15-33)24-25-39(36)44(37)30-48(45)54-50(40)41;1-16(2,3)11-13-9-10-15(17-12-13)14-7-5-4-6-8-14;/h5-18,20-32H,1-4H3;4-7,9-10,12H,11H2,1-3H3;/q2*-1;/i;11D2;. The zero-order chi connectivity index (χ0) is 50.6. The SMILES string of the molecule is CC(C)c1cc(-c2ccccc2)cc(C(C)C)c1-n1c(-c2[c-]ccc3c2oc2cc4c(ccc5cc(-c6ccccc6)ccc54)cc23)nc2ccccc21.[2H]C([2H])(c1ccc(-c2[c-]cccc2)nc1)C(C)(C)C.[Ir]. The second-order valence-electron chi connectivity index (χ2n) is 20.2. The molecule has 5 heteroatoms. The van der Waals surface area contributed by atoms with Gasteiger partial charge in [-0.05, 0) is 132 Å². The first-order chi connectivity index (χ1) is 35.2. The molecule has 12 aromatic rings. The molecule has 3 heterocycles. The van der Waals surface area contributed by atoms with Gasteiger partial charge in [-0.15, -0.1) is 54.1 Å². The van der Waals surface area contributed by atoms with Crippen molar-refractivity contribution in [2.45, 2.75) is 66.7 Å². The molecule has 0 fully saturated rings. The van der Waals surface area contributed by atoms with E-state index in [0.717, 1.165) is 55.6 Å². The smallest absolute Gasteiger partial charge is 0.121 e. The number of para-hydroxylation sites is 2. The van der Waals surface area contributed by atoms with Gasteiger partial charge in [-0.1, -0.05) is 169 Å². The molecule has 1 radical (unpaired) electrons. The Bertz CT molecular complexity index is 3940. The predicted molar refractivity (Wildman–Crippen MR) is 298 cm³/mol. The summed E-state index contributed by atoms with van der Waals surface area (Å²) in [6.45, 7) is 14.8. The molecule has 0 atom stereocenters. The summed E-state index contributed by atoms with van der Waals surface area (Å²) >= 11 is 0. The van der Waals surface area contributed by atoms with Crippen LogP contribution in [0.1, 0.15) is 79.7 Å². The second kappa shape index (κ2) is 20.0. The average molecular weight is 1110 g/mol. The minimum absolute atomic E-state index is 0. The van der Waals surface area contributed by atoms with Crippen LogP contribution in [0.4, 0.5) is 0 Å². The van der Waals surface area contributed by atoms with Gasteiger partial charge in [0.1, 0.15) is 5.58 Å². The third-order valence-corrected chi connectivity index (χ3v) is 13.3. The van der Waals surface area contributed by atoms with Crippen molar-refractivity contribution in [3.8, 4) is 50.6 Å². The zero-order valence-electron chi connectivity index (χ0n) is 43.7. The Labute approximate surface area is 439 Å². The number of rotatable bonds is 8. The molecular weight excluding hydrogens is 1050 g/mol. The minimum atomic E-state index is -1.40. The maximum atomic E-state index is 8.21. The summed E-state index contributed by atoms with van der Waals surface area (Å²) in [4.78, 5) is 9.72. The molecule has 0 saturated carbocycles. The van der Waals surface area contributed by atoms with Crippen LogP contribution in [0.15, 0.2) is 199 Å². The Morgan fingerprint density at radius 2 is 1.25 bits per heavy atom. The number of fused-ring (bicyclic) bond motifs is 7. The van der Waals surface area contributed by atoms with Gasteiger partial charge in [-0.2, -0.15) is 0 Å². The fourth-order valence-electron chi connectivity index (χ4n) is 9.93. The van der Waals surface area contributed by atoms with E-state index in [-0.39, 0.29) is 31.9 Å². The molecule has 0 N–H and O–H groups in total. The summed E-state index contributed by atoms with van der Waals surface area (Å²) in [6, 6.07) is 72.4. The van der Waals surface area contributed by atoms with Crippen molar-refractivity contribution in [2.24, 2.45) is 5.41 Å². The monoisotopic (exact) mass is 1110 g/mol. The van der Waals surface area contributed by atoms with Crippen molar-refractivity contribution in [2.75, 3.05) is 0 Å². The van der Waals surface area contributed by atoms with Gasteiger partial charge in [0.05, 0.1) is 22.4 Å². The molecule has 0 unspecified atom stereocenters. The summed E-state index contributed by atoms with van der Waals surface area (Å²) in [6.07, 6.45) is 0.223. The number of imidazole rings is 1. The Morgan fingerprint density at radius 3 is 1.90 bits per heavy atom. The van der Waals surface area contributed by atoms with E-state index in [1.54, 1.807) is 6.20 Å². The molecule has 0 saturated heterocycles. The topological polar surface area (TPSA) is 43.9 Å². The first kappa shape index (κ1) is 45.7. The first-order valence-corrected chi connectivity index (χ1v) is 24.7. The van der Waals surface area contributed by atoms with Gasteiger partial charge in [0, 0.05) is 40.1 Å². The van der Waals surface area contributed by atoms with Crippen LogP contribution in [0.25, 0.3) is 105 Å². The van der Waals surface area contributed by atoms with Crippen molar-refractivity contribution in [1.82, 2.24) is 14.5 Å². The van der Waals surface area contributed by atoms with E-state index < -0.39 is 11.8 Å². The fraction of sp³-hybridized carbons (Fsp3) is 0.164. The molecule has 0 aliphatic carbocycles. The normalized spacial score (nSPS) is 12.3. The number of aromatic nitrogens is 3. The van der Waals surface area contributed by atoms with Gasteiger partial charge >= 0.3 is 0 Å². The molecule has 3 aromatic heterocycles. The van der Waals surface area contributed by atoms with Crippen LogP contribution < -0.4 is 0 Å². The number of benzene rings is 9. The maximum absolute atomic E-state index is 8.21. The largest absolute Gasteiger partial charge is 0.501 e. The van der Waals surface area contributed by atoms with E-state index in [0.29, 0.717) is 5.56 Å². The molecule has 0 aliphatic heterocycles. The van der Waals surface area contributed by atoms with E-state index in [9.17, 15) is 0 Å². The van der Waals surface area contributed by atoms with E-state index >= 15 is 0 Å². The zero-order valence-corrected chi connectivity index (χ0v) is 44.1. The number of pyridine rings is 1. The summed E-state index contributed by atoms with van der Waals surface area (Å²) in [5.41, 5.74) is 15.1. The molecule has 4 nitrogen and oxygen atoms in total. The van der Waals surface area contributed by atoms with Crippen LogP contribution in [0.3, 0.4) is 0 Å². The van der Waals surface area contributed by atoms with E-state index in [1.165, 1.54) is 60.6 Å². The Morgan fingerprint density at radius 1 is 0.583 bits per heavy atom. The van der Waals surface area contributed by atoms with Crippen LogP contribution in [-0.2, 0) is 26.5 Å². The van der Waals surface area contributed by atoms with Crippen molar-refractivity contribution in [3.05, 3.63) is 223 Å². The third kappa shape index (κ3) is 9.43. The molecule has 357 valence electrons. The van der Waals surface area contributed by atoms with Crippen molar-refractivity contribution in [3.63, 3.8) is 0 Å². The van der Waals surface area contributed by atoms with Crippen LogP contribution in [0.5, 0.6) is 0 Å². The molecule has 0 aliphatic rings. The molecule has 0 spiro atoms. The summed E-state index contributed by atoms with van der Waals surface area (Å²) < 4.78 is 25.7. The third-order valence-electron chi connectivity index (χ3n) is 13.3. The van der Waals surface area contributed by atoms with Crippen molar-refractivity contribution >= 4 is 54.5 Å². The summed E-state index contributed by atoms with van der Waals surface area (Å²) in [7, 11) is 0. The Hall–Kier alpha value is -7.43. The van der Waals surface area contributed by atoms with Crippen molar-refractivity contribution < 1.29 is 27.3 Å². The summed E-state index contributed by atoms with van der Waals surface area (Å²) in [5, 5.41) is 6.94. The molecular formula is C67H57IrN3O-2. The van der Waals surface area contributed by atoms with Crippen LogP contribution in [0, 0.1) is 17.5 Å². The molecule has 0 amide bonds. The fourth-order valence-corrected chi connectivity index (χ4v) is 9.93. The van der Waals surface area contributed by atoms with Gasteiger partial charge < -0.3 is 14.0 Å². The van der Waals surface area contributed by atoms with E-state index in [4.69, 9.17) is 12.1 Å². The van der Waals surface area contributed by atoms with Gasteiger partial charge in [-0.25, -0.2) is 0 Å². The van der Waals surface area contributed by atoms with Gasteiger partial charge in [0.25, 0.3) is 0 Å². The van der Waals surface area contributed by atoms with Gasteiger partial charge in [0.2, 0.25) is 0 Å². The average Bonchev–Trinajstić information content (AvgIpc) is 3.99. The maximum Gasteiger partial charge on any atom is 0.121 e. The van der Waals surface area contributed by atoms with Gasteiger partial charge in [-0.3, -0.25) is 4.98 Å². The van der Waals surface area contributed by atoms with Crippen LogP contribution in [-0.4, -0.2) is 14.5 Å². The Balaban J connectivity index is 0.000000265. The summed E-state index contributed by atoms with van der Waals surface area (Å²) in [5.74, 6) is 1.37. The van der Waals surface area contributed by atoms with E-state index in [1.807, 2.05) is 63.2 Å². The number of hydrogen-bond acceptors (Lipinski definition) is 3. The number of hydrogen-bond donors (Lipinski definition) is 0. The minimum Gasteiger partial charge on any atom is -0.501 e. The van der Waals surface area contributed by atoms with E-state index in [2.05, 4.69) is 195 Å². The molecule has 9 aromatic carbocycles.